The van der Waals surface area contributed by atoms with E-state index in [1.807, 2.05) is 12.2 Å². The third kappa shape index (κ3) is 49.1. The van der Waals surface area contributed by atoms with Crippen molar-refractivity contribution in [2.45, 2.75) is 213 Å². The van der Waals surface area contributed by atoms with Gasteiger partial charge in [0.2, 0.25) is 0 Å². The van der Waals surface area contributed by atoms with Crippen molar-refractivity contribution in [2.75, 3.05) is 26.4 Å². The summed E-state index contributed by atoms with van der Waals surface area (Å²) < 4.78 is 39.2. The molecule has 2 N–H and O–H groups in total. The minimum atomic E-state index is -4.77. The standard InChI is InChI=1S/C58H95O11P/c1-4-7-10-13-16-19-22-24-26-27-29-31-34-37-40-43-46-49-58(62)69-55(51-65-56(60)47-44-41-38-35-33-30-28-25-23-20-17-14-11-8-5-2)53-67-70(63,64)66-52-54(50-59)68-57(61)48-45-42-39-36-32-21-18-15-12-9-6-3/h7-8,10-11,16-17,19-20,24-26,28-29,31,33,35,41,44,54-55,59H,4-6,9,12-15,18,21-23,27,30,32,34,36-40,42-43,45-53H2,1-3H3,(H,63,64)/b10-7-,11-8-,19-16-,20-17-,26-24-,28-25-,31-29-,35-33-,44-41-. The molecular weight excluding hydrogens is 904 g/mol. The Morgan fingerprint density at radius 2 is 0.786 bits per heavy atom. The van der Waals surface area contributed by atoms with Gasteiger partial charge in [-0.05, 0) is 83.5 Å². The van der Waals surface area contributed by atoms with Crippen LogP contribution in [0.4, 0.5) is 0 Å². The van der Waals surface area contributed by atoms with Gasteiger partial charge in [0.05, 0.1) is 26.2 Å². The highest BCUT2D eigenvalue weighted by atomic mass is 31.2. The molecule has 0 aliphatic carbocycles. The Hall–Kier alpha value is -3.86. The first-order chi connectivity index (χ1) is 34.2. The van der Waals surface area contributed by atoms with Crippen LogP contribution in [0.5, 0.6) is 0 Å². The Morgan fingerprint density at radius 3 is 1.21 bits per heavy atom. The minimum absolute atomic E-state index is 0.0158. The number of carbonyl (C=O) groups excluding carboxylic acids is 3. The molecule has 11 nitrogen and oxygen atoms in total. The molecule has 0 bridgehead atoms. The van der Waals surface area contributed by atoms with E-state index in [9.17, 15) is 28.9 Å². The first kappa shape index (κ1) is 66.1. The molecule has 0 aliphatic heterocycles. The lowest BCUT2D eigenvalue weighted by Crippen LogP contribution is -2.30. The van der Waals surface area contributed by atoms with Crippen molar-refractivity contribution in [1.82, 2.24) is 0 Å². The summed E-state index contributed by atoms with van der Waals surface area (Å²) in [5.74, 6) is -1.66. The average Bonchev–Trinajstić information content (AvgIpc) is 3.35. The highest BCUT2D eigenvalue weighted by Crippen LogP contribution is 2.43. The van der Waals surface area contributed by atoms with Crippen molar-refractivity contribution in [3.05, 3.63) is 109 Å². The fraction of sp³-hybridized carbons (Fsp3) is 0.638. The van der Waals surface area contributed by atoms with E-state index in [2.05, 4.69) is 112 Å². The van der Waals surface area contributed by atoms with Crippen molar-refractivity contribution in [3.8, 4) is 0 Å². The average molecular weight is 999 g/mol. The Labute approximate surface area is 425 Å². The number of ether oxygens (including phenoxy) is 3. The van der Waals surface area contributed by atoms with Crippen LogP contribution in [0.15, 0.2) is 109 Å². The Bertz CT molecular complexity index is 1590. The van der Waals surface area contributed by atoms with Gasteiger partial charge in [-0.25, -0.2) is 4.57 Å². The second-order valence-electron chi connectivity index (χ2n) is 17.3. The van der Waals surface area contributed by atoms with Crippen molar-refractivity contribution >= 4 is 25.7 Å². The number of hydrogen-bond donors (Lipinski definition) is 2. The topological polar surface area (TPSA) is 155 Å². The fourth-order valence-electron chi connectivity index (χ4n) is 6.71. The van der Waals surface area contributed by atoms with E-state index in [-0.39, 0.29) is 19.3 Å². The third-order valence-electron chi connectivity index (χ3n) is 10.7. The molecule has 3 unspecified atom stereocenters. The number of aliphatic hydroxyl groups is 1. The lowest BCUT2D eigenvalue weighted by molar-refractivity contribution is -0.161. The number of rotatable bonds is 48. The highest BCUT2D eigenvalue weighted by molar-refractivity contribution is 7.47. The number of carbonyl (C=O) groups is 3. The molecule has 398 valence electrons. The number of aliphatic hydroxyl groups excluding tert-OH is 1. The molecule has 0 spiro atoms. The number of phosphoric ester groups is 1. The number of phosphoric acid groups is 1. The van der Waals surface area contributed by atoms with E-state index in [0.29, 0.717) is 19.3 Å². The summed E-state index contributed by atoms with van der Waals surface area (Å²) >= 11 is 0. The van der Waals surface area contributed by atoms with E-state index >= 15 is 0 Å². The molecule has 0 aromatic carbocycles. The molecule has 0 amide bonds. The first-order valence-electron chi connectivity index (χ1n) is 26.8. The summed E-state index contributed by atoms with van der Waals surface area (Å²) in [6, 6.07) is 0. The van der Waals surface area contributed by atoms with Crippen molar-refractivity contribution in [2.24, 2.45) is 0 Å². The number of allylic oxidation sites excluding steroid dienone is 17. The first-order valence-corrected chi connectivity index (χ1v) is 28.3. The minimum Gasteiger partial charge on any atom is -0.461 e. The zero-order valence-corrected chi connectivity index (χ0v) is 44.6. The largest absolute Gasteiger partial charge is 0.472 e. The van der Waals surface area contributed by atoms with Crippen LogP contribution in [0.25, 0.3) is 0 Å². The summed E-state index contributed by atoms with van der Waals surface area (Å²) in [4.78, 5) is 48.3. The monoisotopic (exact) mass is 999 g/mol. The van der Waals surface area contributed by atoms with Gasteiger partial charge >= 0.3 is 25.7 Å². The molecule has 0 saturated heterocycles. The molecular formula is C58H95O11P. The van der Waals surface area contributed by atoms with Gasteiger partial charge in [-0.2, -0.15) is 0 Å². The second-order valence-corrected chi connectivity index (χ2v) is 18.8. The number of hydrogen-bond acceptors (Lipinski definition) is 10. The van der Waals surface area contributed by atoms with Gasteiger partial charge in [0.1, 0.15) is 12.7 Å². The van der Waals surface area contributed by atoms with Gasteiger partial charge < -0.3 is 24.2 Å². The van der Waals surface area contributed by atoms with Crippen LogP contribution in [0.3, 0.4) is 0 Å². The normalized spacial score (nSPS) is 14.3. The molecule has 0 aromatic rings. The Kier molecular flexibility index (Phi) is 48.7. The third-order valence-corrected chi connectivity index (χ3v) is 11.7. The molecule has 0 radical (unpaired) electrons. The molecule has 0 heterocycles. The van der Waals surface area contributed by atoms with Gasteiger partial charge in [-0.15, -0.1) is 0 Å². The molecule has 0 saturated carbocycles. The lowest BCUT2D eigenvalue weighted by atomic mass is 10.1. The predicted octanol–water partition coefficient (Wildman–Crippen LogP) is 15.5. The van der Waals surface area contributed by atoms with Gasteiger partial charge in [-0.3, -0.25) is 23.4 Å². The molecule has 0 aromatic heterocycles. The van der Waals surface area contributed by atoms with E-state index in [1.165, 1.54) is 44.9 Å². The summed E-state index contributed by atoms with van der Waals surface area (Å²) in [5.41, 5.74) is 0. The number of unbranched alkanes of at least 4 members (excludes halogenated alkanes) is 14. The van der Waals surface area contributed by atoms with E-state index in [4.69, 9.17) is 23.3 Å². The summed E-state index contributed by atoms with van der Waals surface area (Å²) in [6.45, 7) is 4.24. The summed E-state index contributed by atoms with van der Waals surface area (Å²) in [6.07, 6.45) is 60.8. The van der Waals surface area contributed by atoms with E-state index in [0.717, 1.165) is 96.3 Å². The SMILES string of the molecule is CC/C=C\C/C=C\C/C=C\C/C=C\C/C=C\CC(=O)OCC(COP(=O)(O)OCC(CO)OC(=O)CCCCCCCCCCCCC)OC(=O)CCCCCC/C=C\C/C=C\C/C=C\C/C=C\CC. The van der Waals surface area contributed by atoms with Crippen molar-refractivity contribution in [1.29, 1.82) is 0 Å². The van der Waals surface area contributed by atoms with Crippen LogP contribution in [0, 0.1) is 0 Å². The van der Waals surface area contributed by atoms with E-state index < -0.39 is 64.4 Å². The molecule has 3 atom stereocenters. The maximum atomic E-state index is 12.9. The lowest BCUT2D eigenvalue weighted by Gasteiger charge is -2.21. The predicted molar refractivity (Wildman–Crippen MR) is 288 cm³/mol. The Balaban J connectivity index is 4.91. The van der Waals surface area contributed by atoms with E-state index in [1.54, 1.807) is 6.08 Å². The van der Waals surface area contributed by atoms with Gasteiger partial charge in [-0.1, -0.05) is 207 Å². The maximum Gasteiger partial charge on any atom is 0.472 e. The van der Waals surface area contributed by atoms with Crippen LogP contribution in [-0.2, 0) is 42.2 Å². The quantitative estimate of drug-likeness (QED) is 0.0197. The van der Waals surface area contributed by atoms with Crippen LogP contribution in [-0.4, -0.2) is 66.5 Å². The van der Waals surface area contributed by atoms with Crippen LogP contribution in [0.1, 0.15) is 201 Å². The van der Waals surface area contributed by atoms with Gasteiger partial charge in [0.15, 0.2) is 6.10 Å². The molecule has 0 aliphatic rings. The zero-order valence-electron chi connectivity index (χ0n) is 43.7. The smallest absolute Gasteiger partial charge is 0.461 e. The summed E-state index contributed by atoms with van der Waals surface area (Å²) in [7, 11) is -4.77. The molecule has 0 rings (SSSR count). The summed E-state index contributed by atoms with van der Waals surface area (Å²) in [5, 5.41) is 9.77. The zero-order chi connectivity index (χ0) is 51.3. The van der Waals surface area contributed by atoms with Crippen molar-refractivity contribution < 1.29 is 52.2 Å². The Morgan fingerprint density at radius 1 is 0.429 bits per heavy atom. The fourth-order valence-corrected chi connectivity index (χ4v) is 7.50. The van der Waals surface area contributed by atoms with Crippen LogP contribution in [0.2, 0.25) is 0 Å². The molecule has 70 heavy (non-hydrogen) atoms. The second kappa shape index (κ2) is 51.5. The van der Waals surface area contributed by atoms with Crippen molar-refractivity contribution in [3.63, 3.8) is 0 Å². The molecule has 0 fully saturated rings. The van der Waals surface area contributed by atoms with Crippen LogP contribution < -0.4 is 0 Å². The highest BCUT2D eigenvalue weighted by Gasteiger charge is 2.28. The maximum absolute atomic E-state index is 12.9. The molecule has 12 heteroatoms. The van der Waals surface area contributed by atoms with Gasteiger partial charge in [0, 0.05) is 12.8 Å². The van der Waals surface area contributed by atoms with Gasteiger partial charge in [0.25, 0.3) is 0 Å². The number of esters is 3. The van der Waals surface area contributed by atoms with Crippen LogP contribution >= 0.6 is 7.82 Å².